The van der Waals surface area contributed by atoms with E-state index in [-0.39, 0.29) is 18.0 Å². The Morgan fingerprint density at radius 2 is 2.11 bits per heavy atom. The number of nitrogens with zero attached hydrogens (tertiary/aromatic N) is 6. The number of imidazole rings is 1. The lowest BCUT2D eigenvalue weighted by Crippen LogP contribution is -2.33. The largest absolute Gasteiger partial charge is 0.348 e. The van der Waals surface area contributed by atoms with Gasteiger partial charge >= 0.3 is 0 Å². The van der Waals surface area contributed by atoms with Gasteiger partial charge in [-0.25, -0.2) is 19.5 Å². The van der Waals surface area contributed by atoms with E-state index in [4.69, 9.17) is 5.10 Å². The SMILES string of the molecule is C[C@@H]1CCc2ncncc2[C@@H]2CCCN2c2ccc3ncc(n3n2)C(=O)N1. The molecule has 27 heavy (non-hydrogen) atoms. The number of nitrogens with one attached hydrogen (secondary N) is 1. The van der Waals surface area contributed by atoms with Crippen molar-refractivity contribution >= 4 is 17.4 Å². The van der Waals surface area contributed by atoms with Gasteiger partial charge in [-0.1, -0.05) is 0 Å². The van der Waals surface area contributed by atoms with Crippen LogP contribution in [0.1, 0.15) is 54.0 Å². The van der Waals surface area contributed by atoms with E-state index < -0.39 is 0 Å². The lowest BCUT2D eigenvalue weighted by Gasteiger charge is -2.27. The van der Waals surface area contributed by atoms with Crippen LogP contribution in [0.25, 0.3) is 5.65 Å². The van der Waals surface area contributed by atoms with Gasteiger partial charge in [0.05, 0.1) is 12.2 Å². The molecular weight excluding hydrogens is 342 g/mol. The van der Waals surface area contributed by atoms with E-state index in [0.29, 0.717) is 11.3 Å². The zero-order valence-corrected chi connectivity index (χ0v) is 15.2. The fraction of sp³-hybridized carbons (Fsp3) is 0.421. The number of aryl methyl sites for hydroxylation is 1. The predicted molar refractivity (Wildman–Crippen MR) is 99.6 cm³/mol. The molecule has 1 fully saturated rings. The van der Waals surface area contributed by atoms with Crippen LogP contribution in [0.3, 0.4) is 0 Å². The van der Waals surface area contributed by atoms with Gasteiger partial charge in [-0.3, -0.25) is 4.79 Å². The molecule has 0 spiro atoms. The van der Waals surface area contributed by atoms with Crippen LogP contribution in [0, 0.1) is 0 Å². The van der Waals surface area contributed by atoms with Crippen LogP contribution in [0.15, 0.2) is 30.9 Å². The van der Waals surface area contributed by atoms with Gasteiger partial charge in [-0.15, -0.1) is 5.10 Å². The van der Waals surface area contributed by atoms with Gasteiger partial charge < -0.3 is 10.2 Å². The van der Waals surface area contributed by atoms with Crippen LogP contribution < -0.4 is 10.2 Å². The van der Waals surface area contributed by atoms with Gasteiger partial charge in [0.15, 0.2) is 11.3 Å². The molecule has 3 aromatic heterocycles. The first kappa shape index (κ1) is 16.2. The fourth-order valence-electron chi connectivity index (χ4n) is 4.11. The van der Waals surface area contributed by atoms with Crippen LogP contribution in [-0.2, 0) is 6.42 Å². The molecule has 138 valence electrons. The van der Waals surface area contributed by atoms with E-state index in [9.17, 15) is 4.79 Å². The van der Waals surface area contributed by atoms with Crippen LogP contribution in [0.4, 0.5) is 5.82 Å². The van der Waals surface area contributed by atoms with E-state index in [1.54, 1.807) is 17.0 Å². The van der Waals surface area contributed by atoms with Crippen LogP contribution >= 0.6 is 0 Å². The van der Waals surface area contributed by atoms with Gasteiger partial charge in [-0.2, -0.15) is 0 Å². The Balaban J connectivity index is 1.68. The average Bonchev–Trinajstić information content (AvgIpc) is 3.32. The lowest BCUT2D eigenvalue weighted by molar-refractivity contribution is 0.0931. The van der Waals surface area contributed by atoms with Gasteiger partial charge in [0.2, 0.25) is 0 Å². The number of hydrogen-bond donors (Lipinski definition) is 1. The molecule has 5 heterocycles. The highest BCUT2D eigenvalue weighted by Gasteiger charge is 2.30. The maximum atomic E-state index is 12.7. The summed E-state index contributed by atoms with van der Waals surface area (Å²) in [6.07, 6.45) is 8.90. The molecule has 3 aromatic rings. The summed E-state index contributed by atoms with van der Waals surface area (Å²) < 4.78 is 1.65. The minimum atomic E-state index is -0.153. The normalized spacial score (nSPS) is 22.6. The molecule has 0 unspecified atom stereocenters. The molecular formula is C19H21N7O. The standard InChI is InChI=1S/C19H21N7O/c1-12-4-5-14-13(9-20-11-22-14)15-3-2-8-25(15)18-7-6-17-21-10-16(19(27)23-12)26(17)24-18/h6-7,9-12,15H,2-5,8H2,1H3,(H,23,27)/t12-,15+/m1/s1. The van der Waals surface area contributed by atoms with E-state index in [0.717, 1.165) is 43.7 Å². The van der Waals surface area contributed by atoms with E-state index >= 15 is 0 Å². The summed E-state index contributed by atoms with van der Waals surface area (Å²) in [7, 11) is 0. The first-order chi connectivity index (χ1) is 13.2. The molecule has 0 saturated carbocycles. The van der Waals surface area contributed by atoms with Crippen LogP contribution in [0.2, 0.25) is 0 Å². The summed E-state index contributed by atoms with van der Waals surface area (Å²) in [5.74, 6) is 0.693. The predicted octanol–water partition coefficient (Wildman–Crippen LogP) is 1.93. The van der Waals surface area contributed by atoms with Crippen LogP contribution in [0.5, 0.6) is 0 Å². The maximum absolute atomic E-state index is 12.7. The Morgan fingerprint density at radius 3 is 3.04 bits per heavy atom. The molecule has 1 saturated heterocycles. The van der Waals surface area contributed by atoms with Gasteiger partial charge in [0.25, 0.3) is 5.91 Å². The van der Waals surface area contributed by atoms with E-state index in [2.05, 4.69) is 25.2 Å². The summed E-state index contributed by atoms with van der Waals surface area (Å²) in [5, 5.41) is 7.81. The van der Waals surface area contributed by atoms with Crippen molar-refractivity contribution in [1.82, 2.24) is 29.9 Å². The monoisotopic (exact) mass is 363 g/mol. The Bertz CT molecular complexity index is 1010. The van der Waals surface area contributed by atoms with Crippen molar-refractivity contribution in [1.29, 1.82) is 0 Å². The first-order valence-corrected chi connectivity index (χ1v) is 9.42. The zero-order valence-electron chi connectivity index (χ0n) is 15.2. The zero-order chi connectivity index (χ0) is 18.4. The molecule has 0 radical (unpaired) electrons. The minimum absolute atomic E-state index is 0.0227. The number of carbonyl (C=O) groups excluding carboxylic acids is 1. The average molecular weight is 363 g/mol. The Morgan fingerprint density at radius 1 is 1.19 bits per heavy atom. The second-order valence-corrected chi connectivity index (χ2v) is 7.29. The smallest absolute Gasteiger partial charge is 0.271 e. The van der Waals surface area contributed by atoms with E-state index in [1.165, 1.54) is 5.56 Å². The fourth-order valence-corrected chi connectivity index (χ4v) is 4.11. The number of anilines is 1. The third-order valence-electron chi connectivity index (χ3n) is 5.51. The topological polar surface area (TPSA) is 88.3 Å². The molecule has 2 aliphatic heterocycles. The molecule has 2 aliphatic rings. The molecule has 1 N–H and O–H groups in total. The molecule has 2 atom stereocenters. The molecule has 8 nitrogen and oxygen atoms in total. The molecule has 2 bridgehead atoms. The third kappa shape index (κ3) is 2.72. The first-order valence-electron chi connectivity index (χ1n) is 9.42. The highest BCUT2D eigenvalue weighted by atomic mass is 16.2. The summed E-state index contributed by atoms with van der Waals surface area (Å²) >= 11 is 0. The van der Waals surface area contributed by atoms with Gasteiger partial charge in [-0.05, 0) is 44.7 Å². The summed E-state index contributed by atoms with van der Waals surface area (Å²) in [6.45, 7) is 2.94. The van der Waals surface area contributed by atoms with Crippen molar-refractivity contribution < 1.29 is 4.79 Å². The Labute approximate surface area is 156 Å². The number of aromatic nitrogens is 5. The summed E-state index contributed by atoms with van der Waals surface area (Å²) in [5.41, 5.74) is 3.36. The van der Waals surface area contributed by atoms with Crippen molar-refractivity contribution in [2.75, 3.05) is 11.4 Å². The minimum Gasteiger partial charge on any atom is -0.348 e. The van der Waals surface area contributed by atoms with Crippen molar-refractivity contribution in [3.05, 3.63) is 47.8 Å². The highest BCUT2D eigenvalue weighted by Crippen LogP contribution is 2.36. The molecule has 8 heteroatoms. The summed E-state index contributed by atoms with van der Waals surface area (Å²) in [6, 6.07) is 4.13. The molecule has 1 amide bonds. The van der Waals surface area contributed by atoms with Gasteiger partial charge in [0.1, 0.15) is 12.1 Å². The number of carbonyl (C=O) groups is 1. The Hall–Kier alpha value is -3.03. The lowest BCUT2D eigenvalue weighted by atomic mass is 10.00. The van der Waals surface area contributed by atoms with Crippen molar-refractivity contribution in [2.24, 2.45) is 0 Å². The van der Waals surface area contributed by atoms with E-state index in [1.807, 2.05) is 25.3 Å². The molecule has 5 rings (SSSR count). The van der Waals surface area contributed by atoms with Crippen molar-refractivity contribution in [3.63, 3.8) is 0 Å². The number of amides is 1. The second-order valence-electron chi connectivity index (χ2n) is 7.29. The quantitative estimate of drug-likeness (QED) is 0.656. The third-order valence-corrected chi connectivity index (χ3v) is 5.51. The second kappa shape index (κ2) is 6.29. The van der Waals surface area contributed by atoms with Crippen LogP contribution in [-0.4, -0.2) is 43.1 Å². The van der Waals surface area contributed by atoms with Gasteiger partial charge in [0, 0.05) is 30.0 Å². The Kier molecular flexibility index (Phi) is 3.77. The number of hydrogen-bond acceptors (Lipinski definition) is 6. The highest BCUT2D eigenvalue weighted by molar-refractivity contribution is 5.93. The van der Waals surface area contributed by atoms with Crippen molar-refractivity contribution in [2.45, 2.75) is 44.7 Å². The van der Waals surface area contributed by atoms with Crippen molar-refractivity contribution in [3.8, 4) is 0 Å². The molecule has 0 aromatic carbocycles. The number of rotatable bonds is 0. The maximum Gasteiger partial charge on any atom is 0.271 e. The molecule has 0 aliphatic carbocycles. The number of fused-ring (bicyclic) bond motifs is 5. The summed E-state index contributed by atoms with van der Waals surface area (Å²) in [4.78, 5) is 28.2.